The zero-order valence-electron chi connectivity index (χ0n) is 17.6. The molecule has 1 N–H and O–H groups in total. The summed E-state index contributed by atoms with van der Waals surface area (Å²) < 4.78 is 5.15. The van der Waals surface area contributed by atoms with Gasteiger partial charge in [-0.25, -0.2) is 0 Å². The molecule has 0 bridgehead atoms. The van der Waals surface area contributed by atoms with Crippen molar-refractivity contribution in [2.45, 2.75) is 32.6 Å². The van der Waals surface area contributed by atoms with Gasteiger partial charge >= 0.3 is 5.97 Å². The van der Waals surface area contributed by atoms with Gasteiger partial charge in [-0.05, 0) is 36.1 Å². The standard InChI is InChI=1S/C24H25N3O4/c1-3-16(2)19-9-5-7-11-21(19)27-14-18(12-23(27)29)24(30)31-15-22(28)26-20-10-6-4-8-17(20)13-25/h4-11,16,18H,3,12,14-15H2,1-2H3,(H,26,28)/t16-,18+/m1/s1. The van der Waals surface area contributed by atoms with E-state index < -0.39 is 24.4 Å². The largest absolute Gasteiger partial charge is 0.455 e. The number of ether oxygens (including phenoxy) is 1. The molecule has 1 fully saturated rings. The van der Waals surface area contributed by atoms with Gasteiger partial charge in [0.2, 0.25) is 5.91 Å². The van der Waals surface area contributed by atoms with Gasteiger partial charge < -0.3 is 15.0 Å². The molecule has 1 aliphatic rings. The van der Waals surface area contributed by atoms with Crippen LogP contribution in [-0.2, 0) is 19.1 Å². The Labute approximate surface area is 181 Å². The molecule has 1 aliphatic heterocycles. The number of nitrogens with one attached hydrogen (secondary N) is 1. The van der Waals surface area contributed by atoms with Gasteiger partial charge in [0.05, 0.1) is 17.2 Å². The van der Waals surface area contributed by atoms with E-state index in [9.17, 15) is 14.4 Å². The summed E-state index contributed by atoms with van der Waals surface area (Å²) in [5, 5.41) is 11.6. The highest BCUT2D eigenvalue weighted by atomic mass is 16.5. The van der Waals surface area contributed by atoms with E-state index in [4.69, 9.17) is 10.00 Å². The smallest absolute Gasteiger partial charge is 0.311 e. The van der Waals surface area contributed by atoms with E-state index >= 15 is 0 Å². The van der Waals surface area contributed by atoms with Crippen LogP contribution < -0.4 is 10.2 Å². The van der Waals surface area contributed by atoms with Gasteiger partial charge in [0.15, 0.2) is 6.61 Å². The number of para-hydroxylation sites is 2. The minimum atomic E-state index is -0.628. The van der Waals surface area contributed by atoms with Crippen LogP contribution in [0.1, 0.15) is 43.7 Å². The average molecular weight is 419 g/mol. The van der Waals surface area contributed by atoms with Crippen molar-refractivity contribution in [1.82, 2.24) is 0 Å². The van der Waals surface area contributed by atoms with Crippen molar-refractivity contribution in [2.24, 2.45) is 5.92 Å². The summed E-state index contributed by atoms with van der Waals surface area (Å²) in [6, 6.07) is 16.3. The number of esters is 1. The highest BCUT2D eigenvalue weighted by Crippen LogP contribution is 2.33. The second-order valence-electron chi connectivity index (χ2n) is 7.59. The second-order valence-corrected chi connectivity index (χ2v) is 7.59. The Kier molecular flexibility index (Phi) is 7.03. The lowest BCUT2D eigenvalue weighted by atomic mass is 9.96. The summed E-state index contributed by atoms with van der Waals surface area (Å²) in [6.07, 6.45) is 0.987. The number of anilines is 2. The van der Waals surface area contributed by atoms with Gasteiger partial charge in [-0.1, -0.05) is 44.2 Å². The topological polar surface area (TPSA) is 99.5 Å². The molecule has 7 heteroatoms. The molecule has 0 spiro atoms. The summed E-state index contributed by atoms with van der Waals surface area (Å²) in [6.45, 7) is 3.94. The van der Waals surface area contributed by atoms with E-state index in [1.165, 1.54) is 0 Å². The normalized spacial score (nSPS) is 16.5. The Hall–Kier alpha value is -3.66. The van der Waals surface area contributed by atoms with E-state index in [1.807, 2.05) is 30.3 Å². The summed E-state index contributed by atoms with van der Waals surface area (Å²) in [4.78, 5) is 38.9. The van der Waals surface area contributed by atoms with Gasteiger partial charge in [0.1, 0.15) is 6.07 Å². The van der Waals surface area contributed by atoms with Gasteiger partial charge in [0.25, 0.3) is 5.91 Å². The Morgan fingerprint density at radius 2 is 1.94 bits per heavy atom. The lowest BCUT2D eigenvalue weighted by molar-refractivity contribution is -0.151. The summed E-state index contributed by atoms with van der Waals surface area (Å²) in [5.41, 5.74) is 2.57. The number of rotatable bonds is 7. The van der Waals surface area contributed by atoms with Crippen LogP contribution in [-0.4, -0.2) is 30.9 Å². The van der Waals surface area contributed by atoms with Crippen LogP contribution in [0.5, 0.6) is 0 Å². The van der Waals surface area contributed by atoms with Crippen LogP contribution in [0, 0.1) is 17.2 Å². The molecule has 1 heterocycles. The van der Waals surface area contributed by atoms with Crippen LogP contribution in [0.15, 0.2) is 48.5 Å². The SMILES string of the molecule is CC[C@@H](C)c1ccccc1N1C[C@@H](C(=O)OCC(=O)Nc2ccccc2C#N)CC1=O. The van der Waals surface area contributed by atoms with Crippen molar-refractivity contribution in [3.8, 4) is 6.07 Å². The number of nitrogens with zero attached hydrogens (tertiary/aromatic N) is 2. The fourth-order valence-corrected chi connectivity index (χ4v) is 3.60. The van der Waals surface area contributed by atoms with Crippen LogP contribution in [0.4, 0.5) is 11.4 Å². The maximum Gasteiger partial charge on any atom is 0.311 e. The number of nitriles is 1. The lowest BCUT2D eigenvalue weighted by Gasteiger charge is -2.23. The first-order chi connectivity index (χ1) is 14.9. The summed E-state index contributed by atoms with van der Waals surface area (Å²) in [5.74, 6) is -1.60. The molecule has 0 saturated carbocycles. The minimum Gasteiger partial charge on any atom is -0.455 e. The van der Waals surface area contributed by atoms with Gasteiger partial charge in [-0.3, -0.25) is 14.4 Å². The predicted octanol–water partition coefficient (Wildman–Crippen LogP) is 3.61. The molecule has 3 rings (SSSR count). The van der Waals surface area contributed by atoms with Crippen molar-refractivity contribution >= 4 is 29.2 Å². The number of benzene rings is 2. The third kappa shape index (κ3) is 5.10. The third-order valence-corrected chi connectivity index (χ3v) is 5.50. The Morgan fingerprint density at radius 3 is 2.68 bits per heavy atom. The van der Waals surface area contributed by atoms with Crippen molar-refractivity contribution in [2.75, 3.05) is 23.4 Å². The van der Waals surface area contributed by atoms with Crippen molar-refractivity contribution < 1.29 is 19.1 Å². The molecule has 0 unspecified atom stereocenters. The molecule has 0 radical (unpaired) electrons. The maximum atomic E-state index is 12.6. The highest BCUT2D eigenvalue weighted by molar-refractivity contribution is 6.00. The van der Waals surface area contributed by atoms with Gasteiger partial charge in [-0.2, -0.15) is 5.26 Å². The molecular weight excluding hydrogens is 394 g/mol. The number of hydrogen-bond acceptors (Lipinski definition) is 5. The monoisotopic (exact) mass is 419 g/mol. The maximum absolute atomic E-state index is 12.6. The predicted molar refractivity (Wildman–Crippen MR) is 116 cm³/mol. The zero-order chi connectivity index (χ0) is 22.4. The molecule has 0 aromatic heterocycles. The first-order valence-corrected chi connectivity index (χ1v) is 10.3. The summed E-state index contributed by atoms with van der Waals surface area (Å²) in [7, 11) is 0. The van der Waals surface area contributed by atoms with Crippen molar-refractivity contribution in [1.29, 1.82) is 5.26 Å². The molecule has 31 heavy (non-hydrogen) atoms. The highest BCUT2D eigenvalue weighted by Gasteiger charge is 2.37. The molecule has 7 nitrogen and oxygen atoms in total. The van der Waals surface area contributed by atoms with Crippen molar-refractivity contribution in [3.05, 3.63) is 59.7 Å². The molecule has 2 aromatic rings. The van der Waals surface area contributed by atoms with Gasteiger partial charge in [-0.15, -0.1) is 0 Å². The number of carbonyl (C=O) groups excluding carboxylic acids is 3. The first kappa shape index (κ1) is 22.0. The number of carbonyl (C=O) groups is 3. The molecule has 2 aromatic carbocycles. The number of amides is 2. The third-order valence-electron chi connectivity index (χ3n) is 5.50. The van der Waals surface area contributed by atoms with Crippen LogP contribution in [0.3, 0.4) is 0 Å². The van der Waals surface area contributed by atoms with Crippen LogP contribution in [0.2, 0.25) is 0 Å². The fraction of sp³-hybridized carbons (Fsp3) is 0.333. The van der Waals surface area contributed by atoms with E-state index in [-0.39, 0.29) is 24.8 Å². The number of hydrogen-bond donors (Lipinski definition) is 1. The van der Waals surface area contributed by atoms with Crippen LogP contribution >= 0.6 is 0 Å². The molecule has 160 valence electrons. The van der Waals surface area contributed by atoms with E-state index in [0.717, 1.165) is 17.7 Å². The average Bonchev–Trinajstić information content (AvgIpc) is 3.18. The summed E-state index contributed by atoms with van der Waals surface area (Å²) >= 11 is 0. The van der Waals surface area contributed by atoms with E-state index in [1.54, 1.807) is 29.2 Å². The quantitative estimate of drug-likeness (QED) is 0.691. The molecular formula is C24H25N3O4. The zero-order valence-corrected chi connectivity index (χ0v) is 17.6. The lowest BCUT2D eigenvalue weighted by Crippen LogP contribution is -2.29. The van der Waals surface area contributed by atoms with E-state index in [0.29, 0.717) is 11.3 Å². The molecule has 2 amide bonds. The first-order valence-electron chi connectivity index (χ1n) is 10.3. The van der Waals surface area contributed by atoms with Gasteiger partial charge in [0, 0.05) is 18.7 Å². The molecule has 2 atom stereocenters. The minimum absolute atomic E-state index is 0.0482. The Balaban J connectivity index is 1.60. The Morgan fingerprint density at radius 1 is 1.23 bits per heavy atom. The fourth-order valence-electron chi connectivity index (χ4n) is 3.60. The molecule has 0 aliphatic carbocycles. The van der Waals surface area contributed by atoms with E-state index in [2.05, 4.69) is 19.2 Å². The van der Waals surface area contributed by atoms with Crippen LogP contribution in [0.25, 0.3) is 0 Å². The van der Waals surface area contributed by atoms with Crippen molar-refractivity contribution in [3.63, 3.8) is 0 Å². The molecule has 1 saturated heterocycles. The Bertz CT molecular complexity index is 1030. The second kappa shape index (κ2) is 9.90.